The number of allylic oxidation sites excluding steroid dienone is 8. The Morgan fingerprint density at radius 2 is 0.500 bits per heavy atom. The van der Waals surface area contributed by atoms with Gasteiger partial charge in [0.15, 0.2) is 0 Å². The molecule has 448 valence electrons. The molecule has 4 nitrogen and oxygen atoms in total. The number of carbonyl (C=O) groups is 2. The third-order valence-electron chi connectivity index (χ3n) is 15.5. The van der Waals surface area contributed by atoms with Crippen LogP contribution < -0.4 is 0 Å². The molecule has 0 aliphatic heterocycles. The second-order valence-corrected chi connectivity index (χ2v) is 23.3. The monoisotopic (exact) mass is 1070 g/mol. The van der Waals surface area contributed by atoms with E-state index in [1.807, 2.05) is 0 Å². The summed E-state index contributed by atoms with van der Waals surface area (Å²) in [7, 11) is 0. The van der Waals surface area contributed by atoms with Crippen molar-refractivity contribution < 1.29 is 19.4 Å². The first-order valence-corrected chi connectivity index (χ1v) is 34.5. The van der Waals surface area contributed by atoms with Gasteiger partial charge in [-0.1, -0.05) is 301 Å². The van der Waals surface area contributed by atoms with Crippen molar-refractivity contribution in [3.8, 4) is 0 Å². The first-order valence-electron chi connectivity index (χ1n) is 34.5. The van der Waals surface area contributed by atoms with Gasteiger partial charge in [-0.25, -0.2) is 0 Å². The summed E-state index contributed by atoms with van der Waals surface area (Å²) < 4.78 is 5.42. The summed E-state index contributed by atoms with van der Waals surface area (Å²) in [4.78, 5) is 23.5. The second kappa shape index (κ2) is 70.9. The molecular weight excluding hydrogens is 929 g/mol. The highest BCUT2D eigenvalue weighted by atomic mass is 16.5. The van der Waals surface area contributed by atoms with Crippen molar-refractivity contribution in [2.75, 3.05) is 6.61 Å². The largest absolute Gasteiger partial charge is 0.481 e. The maximum Gasteiger partial charge on any atom is 0.306 e. The van der Waals surface area contributed by atoms with Gasteiger partial charge in [0.25, 0.3) is 0 Å². The van der Waals surface area contributed by atoms with Crippen molar-refractivity contribution in [1.82, 2.24) is 0 Å². The lowest BCUT2D eigenvalue weighted by Crippen LogP contribution is -2.13. The van der Waals surface area contributed by atoms with Crippen LogP contribution in [0.25, 0.3) is 0 Å². The zero-order valence-electron chi connectivity index (χ0n) is 52.2. The number of carboxylic acids is 1. The van der Waals surface area contributed by atoms with Crippen LogP contribution in [0.4, 0.5) is 0 Å². The van der Waals surface area contributed by atoms with E-state index in [0.717, 1.165) is 44.9 Å². The Hall–Kier alpha value is -2.10. The summed E-state index contributed by atoms with van der Waals surface area (Å²) in [6, 6.07) is 0. The van der Waals surface area contributed by atoms with Gasteiger partial charge in [-0.15, -0.1) is 0 Å². The van der Waals surface area contributed by atoms with Crippen LogP contribution >= 0.6 is 0 Å². The molecule has 1 atom stereocenters. The average Bonchev–Trinajstić information content (AvgIpc) is 3.42. The molecule has 0 saturated carbocycles. The van der Waals surface area contributed by atoms with Crippen molar-refractivity contribution in [2.45, 2.75) is 387 Å². The van der Waals surface area contributed by atoms with E-state index in [1.54, 1.807) is 0 Å². The quantitative estimate of drug-likeness (QED) is 0.0375. The van der Waals surface area contributed by atoms with Gasteiger partial charge in [-0.05, 0) is 128 Å². The maximum absolute atomic E-state index is 11.9. The van der Waals surface area contributed by atoms with E-state index in [-0.39, 0.29) is 11.9 Å². The number of aliphatic carboxylic acids is 1. The van der Waals surface area contributed by atoms with Crippen molar-refractivity contribution >= 4 is 11.9 Å². The standard InChI is InChI=1S/2C36H68O2/c1-3-5-7-9-11-13-15-17-19-20-22-24-26-28-30-32-34-35(36(37)38)33-31-29-27-25-23-21-18-16-14-12-10-8-6-4-2;1-3-5-7-9-11-13-15-17-19-21-23-25-27-29-31-33-35-38-36(37)34-32-30-28-26-24-22-20-18-16-14-12-10-8-6-4-2/h17-19,21,35H,3-16,20,22-34H2,1-2H3,(H,37,38);17-20H,3-16,21-35H2,1-2H3/b19-17-,21-18-;19-17-,20-18-. The molecule has 1 unspecified atom stereocenters. The second-order valence-electron chi connectivity index (χ2n) is 23.3. The Morgan fingerprint density at radius 3 is 0.750 bits per heavy atom. The van der Waals surface area contributed by atoms with Crippen LogP contribution in [0, 0.1) is 5.92 Å². The van der Waals surface area contributed by atoms with Gasteiger partial charge in [-0.3, -0.25) is 9.59 Å². The number of esters is 1. The molecule has 0 aromatic carbocycles. The minimum atomic E-state index is -0.574. The van der Waals surface area contributed by atoms with E-state index in [2.05, 4.69) is 76.3 Å². The van der Waals surface area contributed by atoms with E-state index >= 15 is 0 Å². The topological polar surface area (TPSA) is 63.6 Å². The summed E-state index contributed by atoms with van der Waals surface area (Å²) in [5.74, 6) is -0.685. The van der Waals surface area contributed by atoms with Crippen LogP contribution in [-0.2, 0) is 14.3 Å². The number of ether oxygens (including phenoxy) is 1. The molecule has 0 bridgehead atoms. The summed E-state index contributed by atoms with van der Waals surface area (Å²) in [5.41, 5.74) is 0. The molecule has 0 fully saturated rings. The van der Waals surface area contributed by atoms with Gasteiger partial charge in [-0.2, -0.15) is 0 Å². The van der Waals surface area contributed by atoms with E-state index in [0.29, 0.717) is 13.0 Å². The molecule has 0 spiro atoms. The molecule has 76 heavy (non-hydrogen) atoms. The smallest absolute Gasteiger partial charge is 0.306 e. The molecular formula is C72H136O4. The highest BCUT2D eigenvalue weighted by Gasteiger charge is 2.16. The Bertz CT molecular complexity index is 1210. The molecule has 0 aliphatic rings. The average molecular weight is 1070 g/mol. The minimum absolute atomic E-state index is 0.00961. The SMILES string of the molecule is CCCCCCCC/C=C\CCCCCCCCC(CCCCCC/C=C\CCCCCCCC)C(=O)O.CCCCCCCC/C=C\CCCCCCCCOC(=O)CCCCCCC/C=C\CCCCCCCC. The number of hydrogen-bond acceptors (Lipinski definition) is 3. The molecule has 1 N–H and O–H groups in total. The van der Waals surface area contributed by atoms with Crippen LogP contribution in [-0.4, -0.2) is 23.7 Å². The minimum Gasteiger partial charge on any atom is -0.481 e. The van der Waals surface area contributed by atoms with Gasteiger partial charge in [0.2, 0.25) is 0 Å². The number of hydrogen-bond donors (Lipinski definition) is 1. The van der Waals surface area contributed by atoms with Crippen LogP contribution in [0.15, 0.2) is 48.6 Å². The Morgan fingerprint density at radius 1 is 0.289 bits per heavy atom. The van der Waals surface area contributed by atoms with E-state index in [1.165, 1.54) is 308 Å². The third-order valence-corrected chi connectivity index (χ3v) is 15.5. The predicted molar refractivity (Wildman–Crippen MR) is 340 cm³/mol. The maximum atomic E-state index is 11.9. The molecule has 0 amide bonds. The van der Waals surface area contributed by atoms with Gasteiger partial charge >= 0.3 is 11.9 Å². The fourth-order valence-electron chi connectivity index (χ4n) is 10.3. The summed E-state index contributed by atoms with van der Waals surface area (Å²) >= 11 is 0. The molecule has 0 aromatic heterocycles. The highest BCUT2D eigenvalue weighted by molar-refractivity contribution is 5.70. The van der Waals surface area contributed by atoms with Gasteiger partial charge in [0, 0.05) is 6.42 Å². The fourth-order valence-corrected chi connectivity index (χ4v) is 10.3. The van der Waals surface area contributed by atoms with Gasteiger partial charge in [0.05, 0.1) is 12.5 Å². The van der Waals surface area contributed by atoms with Crippen LogP contribution in [0.5, 0.6) is 0 Å². The normalized spacial score (nSPS) is 12.2. The molecule has 0 aromatic rings. The van der Waals surface area contributed by atoms with Crippen LogP contribution in [0.3, 0.4) is 0 Å². The Kier molecular flexibility index (Phi) is 70.9. The lowest BCUT2D eigenvalue weighted by molar-refractivity contribution is -0.144. The summed E-state index contributed by atoms with van der Waals surface area (Å²) in [5, 5.41) is 9.59. The fraction of sp³-hybridized carbons (Fsp3) is 0.861. The van der Waals surface area contributed by atoms with E-state index in [9.17, 15) is 14.7 Å². The molecule has 0 saturated heterocycles. The Balaban J connectivity index is 0. The summed E-state index contributed by atoms with van der Waals surface area (Å²) in [6.45, 7) is 9.72. The Labute approximate surface area is 477 Å². The van der Waals surface area contributed by atoms with Crippen molar-refractivity contribution in [1.29, 1.82) is 0 Å². The van der Waals surface area contributed by atoms with Gasteiger partial charge in [0.1, 0.15) is 0 Å². The predicted octanol–water partition coefficient (Wildman–Crippen LogP) is 25.4. The van der Waals surface area contributed by atoms with Crippen molar-refractivity contribution in [3.63, 3.8) is 0 Å². The third kappa shape index (κ3) is 69.9. The van der Waals surface area contributed by atoms with E-state index in [4.69, 9.17) is 4.74 Å². The first-order chi connectivity index (χ1) is 37.5. The number of unbranched alkanes of at least 4 members (excludes halogenated alkanes) is 45. The molecule has 0 heterocycles. The van der Waals surface area contributed by atoms with Crippen LogP contribution in [0.2, 0.25) is 0 Å². The zero-order chi connectivity index (χ0) is 55.4. The molecule has 4 heteroatoms. The molecule has 0 rings (SSSR count). The van der Waals surface area contributed by atoms with E-state index < -0.39 is 5.97 Å². The lowest BCUT2D eigenvalue weighted by Gasteiger charge is -2.12. The highest BCUT2D eigenvalue weighted by Crippen LogP contribution is 2.21. The first kappa shape index (κ1) is 76.0. The zero-order valence-corrected chi connectivity index (χ0v) is 52.2. The summed E-state index contributed by atoms with van der Waals surface area (Å²) in [6.07, 6.45) is 90.1. The number of rotatable bonds is 62. The number of carbonyl (C=O) groups excluding carboxylic acids is 1. The molecule has 0 radical (unpaired) electrons. The molecule has 0 aliphatic carbocycles. The van der Waals surface area contributed by atoms with Gasteiger partial charge < -0.3 is 9.84 Å². The lowest BCUT2D eigenvalue weighted by atomic mass is 9.94. The van der Waals surface area contributed by atoms with Crippen molar-refractivity contribution in [3.05, 3.63) is 48.6 Å². The van der Waals surface area contributed by atoms with Crippen LogP contribution in [0.1, 0.15) is 387 Å². The van der Waals surface area contributed by atoms with Crippen molar-refractivity contribution in [2.24, 2.45) is 5.92 Å². The number of carboxylic acid groups (broad SMARTS) is 1.